The molecule has 1 aliphatic heterocycles. The summed E-state index contributed by atoms with van der Waals surface area (Å²) in [5, 5.41) is 0. The standard InChI is InChI=1S/C53H56N4O4/c1-7-55(8-2)52(56(9-3)10-4)38-37-43-39-53(51(60)61-48(43)40-52,49(58)27-19-17-21-41-29-33-44(34-30-41)54(5)6)50(59)28-20-18-22-42-31-35-47(36-32-42)57(45-23-13-11-14-24-45)46-25-15-12-16-26-46/h11-40H,7-10H2,1-6H3. The Kier molecular flexibility index (Phi) is 14.5. The fourth-order valence-electron chi connectivity index (χ4n) is 7.92. The molecule has 0 amide bonds. The summed E-state index contributed by atoms with van der Waals surface area (Å²) in [4.78, 5) is 51.6. The van der Waals surface area contributed by atoms with Gasteiger partial charge in [-0.05, 0) is 116 Å². The van der Waals surface area contributed by atoms with Crippen LogP contribution in [0.15, 0.2) is 181 Å². The van der Waals surface area contributed by atoms with Gasteiger partial charge in [0.05, 0.1) is 0 Å². The molecule has 0 radical (unpaired) electrons. The van der Waals surface area contributed by atoms with Crippen LogP contribution in [0.1, 0.15) is 38.8 Å². The fourth-order valence-corrected chi connectivity index (χ4v) is 7.92. The lowest BCUT2D eigenvalue weighted by Crippen LogP contribution is -2.59. The third-order valence-electron chi connectivity index (χ3n) is 11.2. The number of nitrogens with zero attached hydrogens (tertiary/aromatic N) is 4. The predicted molar refractivity (Wildman–Crippen MR) is 251 cm³/mol. The van der Waals surface area contributed by atoms with Crippen molar-refractivity contribution in [3.63, 3.8) is 0 Å². The van der Waals surface area contributed by atoms with Crippen LogP contribution in [-0.2, 0) is 19.1 Å². The summed E-state index contributed by atoms with van der Waals surface area (Å²) < 4.78 is 6.05. The molecule has 0 aromatic heterocycles. The summed E-state index contributed by atoms with van der Waals surface area (Å²) in [5.41, 5.74) is 3.63. The zero-order chi connectivity index (χ0) is 43.4. The molecular formula is C53H56N4O4. The zero-order valence-electron chi connectivity index (χ0n) is 36.1. The molecule has 0 fully saturated rings. The van der Waals surface area contributed by atoms with E-state index in [1.165, 1.54) is 18.2 Å². The van der Waals surface area contributed by atoms with Crippen LogP contribution >= 0.6 is 0 Å². The Balaban J connectivity index is 1.29. The van der Waals surface area contributed by atoms with E-state index in [4.69, 9.17) is 4.74 Å². The van der Waals surface area contributed by atoms with Crippen molar-refractivity contribution in [3.05, 3.63) is 192 Å². The second-order valence-corrected chi connectivity index (χ2v) is 15.0. The molecule has 0 N–H and O–H groups in total. The van der Waals surface area contributed by atoms with Crippen LogP contribution in [0.4, 0.5) is 22.7 Å². The van der Waals surface area contributed by atoms with Crippen LogP contribution in [-0.4, -0.2) is 73.3 Å². The SMILES string of the molecule is CCN(CC)C1(N(CC)CC)C=CC2=CC(C(=O)C=CC=Cc3ccc(N(C)C)cc3)(C(=O)C=CC=Cc3ccc(N(c4ccccc4)c4ccccc4)cc3)C(=O)OC2=C1. The monoisotopic (exact) mass is 812 g/mol. The molecule has 6 rings (SSSR count). The van der Waals surface area contributed by atoms with E-state index in [2.05, 4.69) is 72.7 Å². The molecule has 0 saturated carbocycles. The average Bonchev–Trinajstić information content (AvgIpc) is 3.28. The van der Waals surface area contributed by atoms with Crippen LogP contribution < -0.4 is 9.80 Å². The molecule has 2 aliphatic rings. The Labute approximate surface area is 361 Å². The molecule has 4 aromatic carbocycles. The molecule has 1 unspecified atom stereocenters. The van der Waals surface area contributed by atoms with Crippen molar-refractivity contribution in [2.75, 3.05) is 50.1 Å². The van der Waals surface area contributed by atoms with Gasteiger partial charge in [-0.15, -0.1) is 0 Å². The first-order valence-corrected chi connectivity index (χ1v) is 21.0. The van der Waals surface area contributed by atoms with E-state index >= 15 is 0 Å². The van der Waals surface area contributed by atoms with Crippen molar-refractivity contribution in [2.24, 2.45) is 5.41 Å². The molecule has 1 aliphatic carbocycles. The molecule has 0 bridgehead atoms. The van der Waals surface area contributed by atoms with Gasteiger partial charge in [0, 0.05) is 42.4 Å². The zero-order valence-corrected chi connectivity index (χ0v) is 36.1. The number of rotatable bonds is 18. The second-order valence-electron chi connectivity index (χ2n) is 15.0. The van der Waals surface area contributed by atoms with E-state index in [-0.39, 0.29) is 0 Å². The van der Waals surface area contributed by atoms with Gasteiger partial charge in [0.2, 0.25) is 5.41 Å². The molecule has 0 saturated heterocycles. The molecule has 8 nitrogen and oxygen atoms in total. The number of hydrogen-bond donors (Lipinski definition) is 0. The number of fused-ring (bicyclic) bond motifs is 1. The molecule has 1 heterocycles. The number of ether oxygens (including phenoxy) is 1. The second kappa shape index (κ2) is 20.1. The van der Waals surface area contributed by atoms with E-state index in [1.54, 1.807) is 24.3 Å². The van der Waals surface area contributed by atoms with Crippen LogP contribution in [0, 0.1) is 5.41 Å². The van der Waals surface area contributed by atoms with E-state index in [0.717, 1.165) is 60.1 Å². The number of benzene rings is 4. The summed E-state index contributed by atoms with van der Waals surface area (Å²) in [6.45, 7) is 11.4. The Bertz CT molecular complexity index is 2310. The fraction of sp³-hybridized carbons (Fsp3) is 0.226. The van der Waals surface area contributed by atoms with Crippen molar-refractivity contribution >= 4 is 52.4 Å². The van der Waals surface area contributed by atoms with Gasteiger partial charge < -0.3 is 14.5 Å². The van der Waals surface area contributed by atoms with Gasteiger partial charge in [0.25, 0.3) is 0 Å². The molecule has 61 heavy (non-hydrogen) atoms. The third kappa shape index (κ3) is 9.57. The number of carbonyl (C=O) groups is 3. The van der Waals surface area contributed by atoms with E-state index in [1.807, 2.05) is 128 Å². The number of anilines is 4. The largest absolute Gasteiger partial charge is 0.425 e. The van der Waals surface area contributed by atoms with E-state index in [0.29, 0.717) is 11.3 Å². The highest BCUT2D eigenvalue weighted by atomic mass is 16.5. The highest BCUT2D eigenvalue weighted by Crippen LogP contribution is 2.41. The minimum atomic E-state index is -2.22. The number of carbonyl (C=O) groups excluding carboxylic acids is 3. The van der Waals surface area contributed by atoms with Gasteiger partial charge in [-0.1, -0.05) is 131 Å². The number of esters is 1. The van der Waals surface area contributed by atoms with Crippen molar-refractivity contribution < 1.29 is 19.1 Å². The average molecular weight is 813 g/mol. The number of hydrogen-bond acceptors (Lipinski definition) is 8. The van der Waals surface area contributed by atoms with Crippen molar-refractivity contribution in [3.8, 4) is 0 Å². The Morgan fingerprint density at radius 3 is 1.46 bits per heavy atom. The number of ketones is 2. The van der Waals surface area contributed by atoms with Gasteiger partial charge in [-0.25, -0.2) is 4.79 Å². The van der Waals surface area contributed by atoms with Gasteiger partial charge in [-0.3, -0.25) is 19.4 Å². The highest BCUT2D eigenvalue weighted by Gasteiger charge is 2.54. The molecular weight excluding hydrogens is 757 g/mol. The third-order valence-corrected chi connectivity index (χ3v) is 11.2. The topological polar surface area (TPSA) is 73.4 Å². The quantitative estimate of drug-likeness (QED) is 0.0323. The van der Waals surface area contributed by atoms with E-state index in [9.17, 15) is 14.4 Å². The number of para-hydroxylation sites is 2. The van der Waals surface area contributed by atoms with Crippen LogP contribution in [0.5, 0.6) is 0 Å². The summed E-state index contributed by atoms with van der Waals surface area (Å²) in [6, 6.07) is 36.4. The smallest absolute Gasteiger partial charge is 0.337 e. The lowest BCUT2D eigenvalue weighted by Gasteiger charge is -2.48. The normalized spacial score (nSPS) is 17.3. The number of allylic oxidation sites excluding steroid dienone is 7. The van der Waals surface area contributed by atoms with Gasteiger partial charge >= 0.3 is 5.97 Å². The van der Waals surface area contributed by atoms with Crippen LogP contribution in [0.2, 0.25) is 0 Å². The maximum absolute atomic E-state index is 14.3. The van der Waals surface area contributed by atoms with Gasteiger partial charge in [0.1, 0.15) is 11.4 Å². The summed E-state index contributed by atoms with van der Waals surface area (Å²) in [7, 11) is 3.96. The highest BCUT2D eigenvalue weighted by molar-refractivity contribution is 6.30. The number of likely N-dealkylation sites (N-methyl/N-ethyl adjacent to an activating group) is 2. The lowest BCUT2D eigenvalue weighted by atomic mass is 9.74. The molecule has 4 aromatic rings. The first-order valence-electron chi connectivity index (χ1n) is 21.0. The molecule has 1 atom stereocenters. The van der Waals surface area contributed by atoms with Gasteiger partial charge in [0.15, 0.2) is 11.6 Å². The maximum atomic E-state index is 14.3. The lowest BCUT2D eigenvalue weighted by molar-refractivity contribution is -0.156. The minimum absolute atomic E-state index is 0.331. The van der Waals surface area contributed by atoms with Crippen molar-refractivity contribution in [1.29, 1.82) is 0 Å². The summed E-state index contributed by atoms with van der Waals surface area (Å²) >= 11 is 0. The Morgan fingerprint density at radius 2 is 1.02 bits per heavy atom. The summed E-state index contributed by atoms with van der Waals surface area (Å²) in [6.07, 6.45) is 20.2. The Morgan fingerprint density at radius 1 is 0.574 bits per heavy atom. The first-order chi connectivity index (χ1) is 29.6. The van der Waals surface area contributed by atoms with Crippen molar-refractivity contribution in [2.45, 2.75) is 33.4 Å². The first kappa shape index (κ1) is 44.0. The minimum Gasteiger partial charge on any atom is -0.425 e. The van der Waals surface area contributed by atoms with Gasteiger partial charge in [-0.2, -0.15) is 0 Å². The van der Waals surface area contributed by atoms with Crippen molar-refractivity contribution in [1.82, 2.24) is 9.80 Å². The van der Waals surface area contributed by atoms with E-state index < -0.39 is 28.6 Å². The summed E-state index contributed by atoms with van der Waals surface area (Å²) in [5.74, 6) is -1.98. The predicted octanol–water partition coefficient (Wildman–Crippen LogP) is 10.5. The Hall–Kier alpha value is -6.61. The van der Waals surface area contributed by atoms with Crippen LogP contribution in [0.25, 0.3) is 12.2 Å². The van der Waals surface area contributed by atoms with Crippen LogP contribution in [0.3, 0.4) is 0 Å². The maximum Gasteiger partial charge on any atom is 0.337 e. The molecule has 8 heteroatoms. The molecule has 312 valence electrons. The molecule has 0 spiro atoms.